The van der Waals surface area contributed by atoms with Crippen molar-refractivity contribution in [3.05, 3.63) is 45.7 Å². The van der Waals surface area contributed by atoms with Crippen molar-refractivity contribution < 1.29 is 14.6 Å². The molecule has 0 radical (unpaired) electrons. The van der Waals surface area contributed by atoms with Gasteiger partial charge in [0.15, 0.2) is 0 Å². The summed E-state index contributed by atoms with van der Waals surface area (Å²) in [6, 6.07) is 4.98. The van der Waals surface area contributed by atoms with Gasteiger partial charge in [-0.05, 0) is 6.07 Å². The van der Waals surface area contributed by atoms with Gasteiger partial charge in [-0.2, -0.15) is 4.98 Å². The molecular formula is C13H12Cl2N2O3. The number of nitrogens with zero attached hydrogens (tertiary/aromatic N) is 2. The molecule has 0 amide bonds. The lowest BCUT2D eigenvalue weighted by Gasteiger charge is -2.15. The fourth-order valence-electron chi connectivity index (χ4n) is 1.68. The first-order valence-electron chi connectivity index (χ1n) is 5.65. The fourth-order valence-corrected chi connectivity index (χ4v) is 2.09. The van der Waals surface area contributed by atoms with Gasteiger partial charge in [-0.25, -0.2) is 4.98 Å². The number of benzene rings is 1. The second-order valence-corrected chi connectivity index (χ2v) is 4.64. The maximum atomic E-state index is 10.4. The van der Waals surface area contributed by atoms with Crippen LogP contribution in [0.5, 0.6) is 11.8 Å². The largest absolute Gasteiger partial charge is 0.480 e. The average molecular weight is 315 g/mol. The standard InChI is InChI=1S/C13H12Cl2N2O3/c1-19-9-6-16-11(13(17-9)20-2)12(18)7-4-3-5-8(14)10(7)15/h3-6,12,18H,1-2H3. The molecule has 0 spiro atoms. The maximum Gasteiger partial charge on any atom is 0.241 e. The highest BCUT2D eigenvalue weighted by Crippen LogP contribution is 2.35. The van der Waals surface area contributed by atoms with E-state index in [2.05, 4.69) is 9.97 Å². The van der Waals surface area contributed by atoms with Gasteiger partial charge in [-0.3, -0.25) is 0 Å². The monoisotopic (exact) mass is 314 g/mol. The number of hydrogen-bond donors (Lipinski definition) is 1. The predicted octanol–water partition coefficient (Wildman–Crippen LogP) is 2.88. The van der Waals surface area contributed by atoms with Gasteiger partial charge in [0.25, 0.3) is 0 Å². The molecule has 0 aliphatic carbocycles. The summed E-state index contributed by atoms with van der Waals surface area (Å²) in [7, 11) is 2.90. The normalized spacial score (nSPS) is 12.1. The minimum atomic E-state index is -1.10. The molecule has 0 saturated heterocycles. The Morgan fingerprint density at radius 3 is 2.60 bits per heavy atom. The number of aliphatic hydroxyl groups excluding tert-OH is 1. The van der Waals surface area contributed by atoms with Crippen LogP contribution in [-0.4, -0.2) is 29.3 Å². The lowest BCUT2D eigenvalue weighted by molar-refractivity contribution is 0.206. The first-order chi connectivity index (χ1) is 9.58. The number of hydrogen-bond acceptors (Lipinski definition) is 5. The number of methoxy groups -OCH3 is 2. The van der Waals surface area contributed by atoms with E-state index < -0.39 is 6.10 Å². The highest BCUT2D eigenvalue weighted by Gasteiger charge is 2.22. The van der Waals surface area contributed by atoms with Crippen LogP contribution in [-0.2, 0) is 0 Å². The summed E-state index contributed by atoms with van der Waals surface area (Å²) in [5, 5.41) is 11.0. The first-order valence-corrected chi connectivity index (χ1v) is 6.41. The van der Waals surface area contributed by atoms with Crippen molar-refractivity contribution in [3.8, 4) is 11.8 Å². The van der Waals surface area contributed by atoms with Crippen LogP contribution in [0.4, 0.5) is 0 Å². The molecule has 0 aliphatic heterocycles. The van der Waals surface area contributed by atoms with Crippen molar-refractivity contribution in [2.24, 2.45) is 0 Å². The molecule has 5 nitrogen and oxygen atoms in total. The molecule has 2 rings (SSSR count). The third-order valence-electron chi connectivity index (χ3n) is 2.68. The molecular weight excluding hydrogens is 303 g/mol. The van der Waals surface area contributed by atoms with Crippen LogP contribution >= 0.6 is 23.2 Å². The van der Waals surface area contributed by atoms with Gasteiger partial charge in [0.1, 0.15) is 11.8 Å². The number of rotatable bonds is 4. The first kappa shape index (κ1) is 14.8. The van der Waals surface area contributed by atoms with Crippen molar-refractivity contribution in [3.63, 3.8) is 0 Å². The van der Waals surface area contributed by atoms with E-state index in [1.54, 1.807) is 18.2 Å². The van der Waals surface area contributed by atoms with Crippen molar-refractivity contribution in [1.82, 2.24) is 9.97 Å². The second kappa shape index (κ2) is 6.26. The summed E-state index contributed by atoms with van der Waals surface area (Å²) in [4.78, 5) is 8.17. The molecule has 0 aliphatic rings. The Morgan fingerprint density at radius 2 is 1.95 bits per heavy atom. The maximum absolute atomic E-state index is 10.4. The van der Waals surface area contributed by atoms with Gasteiger partial charge in [0.05, 0.1) is 30.5 Å². The van der Waals surface area contributed by atoms with Crippen LogP contribution in [0.25, 0.3) is 0 Å². The van der Waals surface area contributed by atoms with Crippen LogP contribution < -0.4 is 9.47 Å². The predicted molar refractivity (Wildman–Crippen MR) is 75.7 cm³/mol. The van der Waals surface area contributed by atoms with Gasteiger partial charge in [-0.15, -0.1) is 0 Å². The van der Waals surface area contributed by atoms with Gasteiger partial charge >= 0.3 is 0 Å². The zero-order chi connectivity index (χ0) is 14.7. The second-order valence-electron chi connectivity index (χ2n) is 3.85. The van der Waals surface area contributed by atoms with Crippen molar-refractivity contribution in [1.29, 1.82) is 0 Å². The van der Waals surface area contributed by atoms with E-state index in [9.17, 15) is 5.11 Å². The van der Waals surface area contributed by atoms with Crippen molar-refractivity contribution >= 4 is 23.2 Å². The van der Waals surface area contributed by atoms with Gasteiger partial charge in [0.2, 0.25) is 11.8 Å². The fraction of sp³-hybridized carbons (Fsp3) is 0.231. The minimum absolute atomic E-state index is 0.160. The smallest absolute Gasteiger partial charge is 0.241 e. The Morgan fingerprint density at radius 1 is 1.20 bits per heavy atom. The van der Waals surface area contributed by atoms with E-state index in [-0.39, 0.29) is 22.5 Å². The zero-order valence-corrected chi connectivity index (χ0v) is 12.3. The summed E-state index contributed by atoms with van der Waals surface area (Å²) in [6.07, 6.45) is 0.286. The highest BCUT2D eigenvalue weighted by molar-refractivity contribution is 6.42. The number of aromatic nitrogens is 2. The van der Waals surface area contributed by atoms with E-state index in [1.807, 2.05) is 0 Å². The minimum Gasteiger partial charge on any atom is -0.480 e. The number of halogens is 2. The third kappa shape index (κ3) is 2.80. The number of ether oxygens (including phenoxy) is 2. The van der Waals surface area contributed by atoms with E-state index >= 15 is 0 Å². The van der Waals surface area contributed by atoms with Crippen LogP contribution in [0.2, 0.25) is 10.0 Å². The molecule has 7 heteroatoms. The average Bonchev–Trinajstić information content (AvgIpc) is 2.48. The van der Waals surface area contributed by atoms with E-state index in [4.69, 9.17) is 32.7 Å². The topological polar surface area (TPSA) is 64.5 Å². The molecule has 0 saturated carbocycles. The third-order valence-corrected chi connectivity index (χ3v) is 3.52. The Hall–Kier alpha value is -1.56. The quantitative estimate of drug-likeness (QED) is 0.940. The summed E-state index contributed by atoms with van der Waals surface area (Å²) < 4.78 is 10.1. The molecule has 1 unspecified atom stereocenters. The van der Waals surface area contributed by atoms with Gasteiger partial charge < -0.3 is 14.6 Å². The van der Waals surface area contributed by atoms with Gasteiger partial charge in [-0.1, -0.05) is 35.3 Å². The summed E-state index contributed by atoms with van der Waals surface area (Å²) >= 11 is 12.0. The molecule has 20 heavy (non-hydrogen) atoms. The Balaban J connectivity index is 2.47. The summed E-state index contributed by atoms with van der Waals surface area (Å²) in [6.45, 7) is 0. The molecule has 0 bridgehead atoms. The molecule has 1 N–H and O–H groups in total. The summed E-state index contributed by atoms with van der Waals surface area (Å²) in [5.74, 6) is 0.447. The van der Waals surface area contributed by atoms with Crippen LogP contribution in [0.3, 0.4) is 0 Å². The van der Waals surface area contributed by atoms with E-state index in [0.717, 1.165) is 0 Å². The Bertz CT molecular complexity index is 623. The van der Waals surface area contributed by atoms with E-state index in [0.29, 0.717) is 10.6 Å². The zero-order valence-electron chi connectivity index (χ0n) is 10.8. The van der Waals surface area contributed by atoms with Crippen LogP contribution in [0.15, 0.2) is 24.4 Å². The molecule has 1 aromatic carbocycles. The molecule has 1 atom stereocenters. The molecule has 1 aromatic heterocycles. The molecule has 0 fully saturated rings. The lowest BCUT2D eigenvalue weighted by atomic mass is 10.1. The lowest BCUT2D eigenvalue weighted by Crippen LogP contribution is -2.08. The van der Waals surface area contributed by atoms with Crippen LogP contribution in [0, 0.1) is 0 Å². The van der Waals surface area contributed by atoms with E-state index in [1.165, 1.54) is 20.4 Å². The molecule has 106 valence electrons. The van der Waals surface area contributed by atoms with Gasteiger partial charge in [0, 0.05) is 5.56 Å². The van der Waals surface area contributed by atoms with Crippen LogP contribution in [0.1, 0.15) is 17.4 Å². The molecule has 2 aromatic rings. The number of aliphatic hydroxyl groups is 1. The highest BCUT2D eigenvalue weighted by atomic mass is 35.5. The Labute approximate surface area is 126 Å². The summed E-state index contributed by atoms with van der Waals surface area (Å²) in [5.41, 5.74) is 0.661. The Kier molecular flexibility index (Phi) is 4.65. The van der Waals surface area contributed by atoms with Crippen molar-refractivity contribution in [2.75, 3.05) is 14.2 Å². The van der Waals surface area contributed by atoms with Crippen molar-refractivity contribution in [2.45, 2.75) is 6.10 Å². The SMILES string of the molecule is COc1cnc(C(O)c2cccc(Cl)c2Cl)c(OC)n1. The molecule has 1 heterocycles.